The minimum atomic E-state index is -0.339. The first-order valence-electron chi connectivity index (χ1n) is 7.19. The summed E-state index contributed by atoms with van der Waals surface area (Å²) >= 11 is 0. The minimum absolute atomic E-state index is 0.00574. The van der Waals surface area contributed by atoms with Crippen molar-refractivity contribution in [2.45, 2.75) is 31.8 Å². The lowest BCUT2D eigenvalue weighted by Gasteiger charge is -2.16. The van der Waals surface area contributed by atoms with Crippen molar-refractivity contribution in [2.75, 3.05) is 17.7 Å². The summed E-state index contributed by atoms with van der Waals surface area (Å²) in [5, 5.41) is 10.0. The van der Waals surface area contributed by atoms with Crippen molar-refractivity contribution in [2.24, 2.45) is 0 Å². The van der Waals surface area contributed by atoms with Crippen LogP contribution >= 0.6 is 0 Å². The van der Waals surface area contributed by atoms with E-state index in [1.54, 1.807) is 7.05 Å². The number of carbonyl (C=O) groups excluding carboxylic acids is 1. The average Bonchev–Trinajstić information content (AvgIpc) is 3.30. The maximum Gasteiger partial charge on any atom is 0.242 e. The Bertz CT molecular complexity index is 668. The second kappa shape index (κ2) is 5.55. The Morgan fingerprint density at radius 1 is 1.29 bits per heavy atom. The van der Waals surface area contributed by atoms with Crippen LogP contribution in [-0.4, -0.2) is 35.0 Å². The molecule has 1 saturated carbocycles. The molecular formula is C15H19N5O. The highest BCUT2D eigenvalue weighted by Crippen LogP contribution is 2.23. The highest BCUT2D eigenvalue weighted by atomic mass is 16.2. The maximum absolute atomic E-state index is 12.1. The fraction of sp³-hybridized carbons (Fsp3) is 0.400. The second-order valence-corrected chi connectivity index (χ2v) is 5.31. The van der Waals surface area contributed by atoms with E-state index in [1.165, 1.54) is 0 Å². The summed E-state index contributed by atoms with van der Waals surface area (Å²) in [5.41, 5.74) is 0.842. The Morgan fingerprint density at radius 3 is 2.76 bits per heavy atom. The van der Waals surface area contributed by atoms with Crippen LogP contribution in [-0.2, 0) is 4.79 Å². The molecule has 21 heavy (non-hydrogen) atoms. The molecule has 0 bridgehead atoms. The molecular weight excluding hydrogens is 266 g/mol. The van der Waals surface area contributed by atoms with Gasteiger partial charge in [0.15, 0.2) is 0 Å². The van der Waals surface area contributed by atoms with Crippen molar-refractivity contribution in [3.63, 3.8) is 0 Å². The first-order valence-corrected chi connectivity index (χ1v) is 7.19. The summed E-state index contributed by atoms with van der Waals surface area (Å²) in [7, 11) is 1.77. The van der Waals surface area contributed by atoms with Crippen LogP contribution in [0.5, 0.6) is 0 Å². The molecule has 1 fully saturated rings. The zero-order valence-electron chi connectivity index (χ0n) is 12.2. The largest absolute Gasteiger partial charge is 0.358 e. The van der Waals surface area contributed by atoms with Gasteiger partial charge in [0.25, 0.3) is 0 Å². The van der Waals surface area contributed by atoms with Gasteiger partial charge in [0.1, 0.15) is 11.9 Å². The number of fused-ring (bicyclic) bond motifs is 1. The quantitative estimate of drug-likeness (QED) is 0.780. The van der Waals surface area contributed by atoms with Crippen LogP contribution in [0.25, 0.3) is 10.9 Å². The third-order valence-electron chi connectivity index (χ3n) is 3.50. The van der Waals surface area contributed by atoms with E-state index in [9.17, 15) is 4.79 Å². The van der Waals surface area contributed by atoms with Crippen LogP contribution < -0.4 is 16.0 Å². The third-order valence-corrected chi connectivity index (χ3v) is 3.50. The predicted octanol–water partition coefficient (Wildman–Crippen LogP) is 1.75. The second-order valence-electron chi connectivity index (χ2n) is 5.31. The van der Waals surface area contributed by atoms with Gasteiger partial charge in [-0.2, -0.15) is 4.98 Å². The molecule has 2 aromatic rings. The number of hydrogen-bond donors (Lipinski definition) is 3. The molecule has 1 atom stereocenters. The van der Waals surface area contributed by atoms with E-state index in [2.05, 4.69) is 25.9 Å². The van der Waals surface area contributed by atoms with Crippen LogP contribution in [0, 0.1) is 0 Å². The number of hydrogen-bond acceptors (Lipinski definition) is 5. The average molecular weight is 285 g/mol. The van der Waals surface area contributed by atoms with E-state index in [4.69, 9.17) is 0 Å². The van der Waals surface area contributed by atoms with Crippen molar-refractivity contribution < 1.29 is 4.79 Å². The number of aromatic nitrogens is 2. The Balaban J connectivity index is 1.85. The van der Waals surface area contributed by atoms with Gasteiger partial charge in [0.2, 0.25) is 11.9 Å². The molecule has 1 aliphatic carbocycles. The third kappa shape index (κ3) is 3.04. The number of rotatable bonds is 5. The number of amides is 1. The maximum atomic E-state index is 12.1. The van der Waals surface area contributed by atoms with Gasteiger partial charge in [-0.15, -0.1) is 0 Å². The van der Waals surface area contributed by atoms with Gasteiger partial charge < -0.3 is 16.0 Å². The first kappa shape index (κ1) is 13.6. The van der Waals surface area contributed by atoms with Crippen LogP contribution in [0.1, 0.15) is 19.8 Å². The Kier molecular flexibility index (Phi) is 3.60. The molecule has 6 nitrogen and oxygen atoms in total. The molecule has 1 aliphatic rings. The van der Waals surface area contributed by atoms with E-state index < -0.39 is 0 Å². The number of anilines is 2. The van der Waals surface area contributed by atoms with Crippen LogP contribution in [0.4, 0.5) is 11.8 Å². The lowest BCUT2D eigenvalue weighted by Crippen LogP contribution is -2.38. The highest BCUT2D eigenvalue weighted by Gasteiger charge is 2.26. The molecule has 0 saturated heterocycles. The summed E-state index contributed by atoms with van der Waals surface area (Å²) in [4.78, 5) is 20.9. The summed E-state index contributed by atoms with van der Waals surface area (Å²) in [5.74, 6) is 1.21. The molecule has 3 N–H and O–H groups in total. The molecule has 3 rings (SSSR count). The van der Waals surface area contributed by atoms with Crippen molar-refractivity contribution in [1.29, 1.82) is 0 Å². The first-order chi connectivity index (χ1) is 10.2. The number of nitrogens with zero attached hydrogens (tertiary/aromatic N) is 2. The normalized spacial score (nSPS) is 15.5. The van der Waals surface area contributed by atoms with E-state index in [0.29, 0.717) is 17.8 Å². The molecule has 1 aromatic carbocycles. The number of benzene rings is 1. The summed E-state index contributed by atoms with van der Waals surface area (Å²) in [6.45, 7) is 1.84. The van der Waals surface area contributed by atoms with Gasteiger partial charge in [-0.25, -0.2) is 4.98 Å². The van der Waals surface area contributed by atoms with Gasteiger partial charge in [-0.3, -0.25) is 4.79 Å². The number of carbonyl (C=O) groups is 1. The smallest absolute Gasteiger partial charge is 0.242 e. The summed E-state index contributed by atoms with van der Waals surface area (Å²) in [6, 6.07) is 7.76. The fourth-order valence-electron chi connectivity index (χ4n) is 2.12. The highest BCUT2D eigenvalue weighted by molar-refractivity contribution is 5.92. The fourth-order valence-corrected chi connectivity index (χ4v) is 2.12. The van der Waals surface area contributed by atoms with Crippen molar-refractivity contribution >= 4 is 28.6 Å². The summed E-state index contributed by atoms with van der Waals surface area (Å²) in [6.07, 6.45) is 2.16. The lowest BCUT2D eigenvalue weighted by atomic mass is 10.2. The van der Waals surface area contributed by atoms with Gasteiger partial charge >= 0.3 is 0 Å². The SMILES string of the molecule is CNc1nc(NC(C)C(=O)NC2CC2)c2ccccc2n1. The molecule has 0 aliphatic heterocycles. The van der Waals surface area contributed by atoms with Gasteiger partial charge in [-0.1, -0.05) is 12.1 Å². The van der Waals surface area contributed by atoms with E-state index in [1.807, 2.05) is 31.2 Å². The van der Waals surface area contributed by atoms with Crippen LogP contribution in [0.3, 0.4) is 0 Å². The van der Waals surface area contributed by atoms with Gasteiger partial charge in [0, 0.05) is 18.5 Å². The molecule has 1 unspecified atom stereocenters. The molecule has 1 amide bonds. The van der Waals surface area contributed by atoms with Crippen LogP contribution in [0.15, 0.2) is 24.3 Å². The molecule has 1 aromatic heterocycles. The zero-order chi connectivity index (χ0) is 14.8. The molecule has 110 valence electrons. The zero-order valence-corrected chi connectivity index (χ0v) is 12.2. The van der Waals surface area contributed by atoms with Crippen LogP contribution in [0.2, 0.25) is 0 Å². The van der Waals surface area contributed by atoms with E-state index in [-0.39, 0.29) is 11.9 Å². The summed E-state index contributed by atoms with van der Waals surface area (Å²) < 4.78 is 0. The predicted molar refractivity (Wildman–Crippen MR) is 83.3 cm³/mol. The standard InChI is InChI=1S/C15H19N5O/c1-9(14(21)18-10-7-8-10)17-13-11-5-3-4-6-12(11)19-15(16-2)20-13/h3-6,9-10H,7-8H2,1-2H3,(H,18,21)(H2,16,17,19,20). The molecule has 0 spiro atoms. The van der Waals surface area contributed by atoms with Gasteiger partial charge in [-0.05, 0) is 31.9 Å². The van der Waals surface area contributed by atoms with Crippen molar-refractivity contribution in [3.8, 4) is 0 Å². The number of para-hydroxylation sites is 1. The minimum Gasteiger partial charge on any atom is -0.358 e. The van der Waals surface area contributed by atoms with Crippen molar-refractivity contribution in [1.82, 2.24) is 15.3 Å². The lowest BCUT2D eigenvalue weighted by molar-refractivity contribution is -0.121. The van der Waals surface area contributed by atoms with Crippen molar-refractivity contribution in [3.05, 3.63) is 24.3 Å². The monoisotopic (exact) mass is 285 g/mol. The molecule has 0 radical (unpaired) electrons. The van der Waals surface area contributed by atoms with E-state index >= 15 is 0 Å². The Labute approximate surface area is 123 Å². The van der Waals surface area contributed by atoms with Gasteiger partial charge in [0.05, 0.1) is 5.52 Å². The Hall–Kier alpha value is -2.37. The molecule has 1 heterocycles. The number of nitrogens with one attached hydrogen (secondary N) is 3. The van der Waals surface area contributed by atoms with E-state index in [0.717, 1.165) is 23.7 Å². The molecule has 6 heteroatoms. The Morgan fingerprint density at radius 2 is 2.05 bits per heavy atom. The topological polar surface area (TPSA) is 78.9 Å².